The van der Waals surface area contributed by atoms with Crippen LogP contribution in [0.15, 0.2) is 30.6 Å². The average Bonchev–Trinajstić information content (AvgIpc) is 2.72. The minimum absolute atomic E-state index is 0.283. The SMILES string of the molecule is Cc1cc([B-](F)(F)F)ccc1OCc1cnn(C)c1. The van der Waals surface area contributed by atoms with E-state index >= 15 is 0 Å². The van der Waals surface area contributed by atoms with Gasteiger partial charge in [-0.25, -0.2) is 0 Å². The van der Waals surface area contributed by atoms with Crippen molar-refractivity contribution >= 4 is 12.4 Å². The van der Waals surface area contributed by atoms with Gasteiger partial charge >= 0.3 is 6.98 Å². The van der Waals surface area contributed by atoms with Gasteiger partial charge in [0.15, 0.2) is 0 Å². The van der Waals surface area contributed by atoms with E-state index in [2.05, 4.69) is 5.10 Å². The first-order valence-electron chi connectivity index (χ1n) is 5.77. The Balaban J connectivity index is 2.09. The molecule has 0 atom stereocenters. The predicted molar refractivity (Wildman–Crippen MR) is 67.4 cm³/mol. The fraction of sp³-hybridized carbons (Fsp3) is 0.250. The highest BCUT2D eigenvalue weighted by Gasteiger charge is 2.25. The summed E-state index contributed by atoms with van der Waals surface area (Å²) >= 11 is 0. The Labute approximate surface area is 109 Å². The molecular formula is C12H13BF3N2O-. The fourth-order valence-corrected chi connectivity index (χ4v) is 1.75. The van der Waals surface area contributed by atoms with E-state index in [0.717, 1.165) is 17.7 Å². The van der Waals surface area contributed by atoms with Gasteiger partial charge in [-0.2, -0.15) is 5.10 Å². The minimum Gasteiger partial charge on any atom is -0.489 e. The van der Waals surface area contributed by atoms with E-state index in [0.29, 0.717) is 11.3 Å². The summed E-state index contributed by atoms with van der Waals surface area (Å²) in [5, 5.41) is 3.99. The molecule has 0 aliphatic heterocycles. The molecule has 2 aromatic rings. The summed E-state index contributed by atoms with van der Waals surface area (Å²) in [6.45, 7) is -3.08. The molecule has 0 bridgehead atoms. The number of aromatic nitrogens is 2. The van der Waals surface area contributed by atoms with Crippen molar-refractivity contribution < 1.29 is 17.7 Å². The molecule has 1 aromatic heterocycles. The molecule has 0 unspecified atom stereocenters. The van der Waals surface area contributed by atoms with E-state index < -0.39 is 12.4 Å². The van der Waals surface area contributed by atoms with Gasteiger partial charge < -0.3 is 17.7 Å². The van der Waals surface area contributed by atoms with E-state index in [-0.39, 0.29) is 6.61 Å². The van der Waals surface area contributed by atoms with E-state index in [9.17, 15) is 12.9 Å². The Morgan fingerprint density at radius 1 is 1.32 bits per heavy atom. The lowest BCUT2D eigenvalue weighted by Crippen LogP contribution is -2.34. The predicted octanol–water partition coefficient (Wildman–Crippen LogP) is 2.36. The number of hydrogen-bond acceptors (Lipinski definition) is 2. The molecule has 0 N–H and O–H groups in total. The zero-order valence-electron chi connectivity index (χ0n) is 10.6. The van der Waals surface area contributed by atoms with Crippen LogP contribution in [-0.2, 0) is 13.7 Å². The molecule has 0 aliphatic rings. The van der Waals surface area contributed by atoms with Crippen LogP contribution < -0.4 is 10.2 Å². The van der Waals surface area contributed by atoms with Crippen molar-refractivity contribution in [1.29, 1.82) is 0 Å². The van der Waals surface area contributed by atoms with E-state index in [1.165, 1.54) is 6.07 Å². The Kier molecular flexibility index (Phi) is 3.55. The van der Waals surface area contributed by atoms with E-state index in [1.54, 1.807) is 31.0 Å². The van der Waals surface area contributed by atoms with Gasteiger partial charge in [-0.05, 0) is 18.6 Å². The Bertz CT molecular complexity index is 581. The highest BCUT2D eigenvalue weighted by atomic mass is 19.4. The van der Waals surface area contributed by atoms with Crippen molar-refractivity contribution in [3.8, 4) is 5.75 Å². The van der Waals surface area contributed by atoms with Crippen molar-refractivity contribution in [3.05, 3.63) is 41.7 Å². The van der Waals surface area contributed by atoms with Gasteiger partial charge in [0.25, 0.3) is 0 Å². The third-order valence-corrected chi connectivity index (χ3v) is 2.73. The molecule has 0 saturated carbocycles. The summed E-state index contributed by atoms with van der Waals surface area (Å²) in [5.41, 5.74) is 0.734. The molecular weight excluding hydrogens is 256 g/mol. The van der Waals surface area contributed by atoms with Gasteiger partial charge in [0.2, 0.25) is 0 Å². The van der Waals surface area contributed by atoms with Gasteiger partial charge in [-0.3, -0.25) is 4.68 Å². The summed E-state index contributed by atoms with van der Waals surface area (Å²) in [7, 11) is 1.79. The van der Waals surface area contributed by atoms with Crippen LogP contribution in [0.4, 0.5) is 12.9 Å². The fourth-order valence-electron chi connectivity index (χ4n) is 1.75. The Morgan fingerprint density at radius 3 is 2.58 bits per heavy atom. The first-order valence-corrected chi connectivity index (χ1v) is 5.77. The first kappa shape index (κ1) is 13.5. The largest absolute Gasteiger partial charge is 0.509 e. The molecule has 0 aliphatic carbocycles. The second kappa shape index (κ2) is 4.99. The first-order chi connectivity index (χ1) is 8.86. The second-order valence-electron chi connectivity index (χ2n) is 4.41. The van der Waals surface area contributed by atoms with Crippen LogP contribution in [0, 0.1) is 6.92 Å². The molecule has 0 spiro atoms. The zero-order chi connectivity index (χ0) is 14.0. The molecule has 2 rings (SSSR count). The summed E-state index contributed by atoms with van der Waals surface area (Å²) in [6, 6.07) is 3.51. The number of ether oxygens (including phenoxy) is 1. The van der Waals surface area contributed by atoms with Gasteiger partial charge in [0.05, 0.1) is 6.20 Å². The molecule has 19 heavy (non-hydrogen) atoms. The zero-order valence-corrected chi connectivity index (χ0v) is 10.6. The monoisotopic (exact) mass is 269 g/mol. The van der Waals surface area contributed by atoms with Crippen LogP contribution in [0.5, 0.6) is 5.75 Å². The van der Waals surface area contributed by atoms with Crippen molar-refractivity contribution in [1.82, 2.24) is 9.78 Å². The molecule has 102 valence electrons. The van der Waals surface area contributed by atoms with Crippen molar-refractivity contribution in [2.75, 3.05) is 0 Å². The minimum atomic E-state index is -4.96. The molecule has 1 heterocycles. The van der Waals surface area contributed by atoms with Crippen LogP contribution in [-0.4, -0.2) is 16.8 Å². The van der Waals surface area contributed by atoms with Crippen LogP contribution in [0.1, 0.15) is 11.1 Å². The van der Waals surface area contributed by atoms with Gasteiger partial charge in [-0.15, -0.1) is 5.46 Å². The number of benzene rings is 1. The summed E-state index contributed by atoms with van der Waals surface area (Å²) < 4.78 is 44.8. The van der Waals surface area contributed by atoms with Crippen molar-refractivity contribution in [2.24, 2.45) is 7.05 Å². The lowest BCUT2D eigenvalue weighted by molar-refractivity contribution is 0.304. The van der Waals surface area contributed by atoms with Crippen LogP contribution in [0.2, 0.25) is 0 Å². The van der Waals surface area contributed by atoms with Crippen LogP contribution in [0.3, 0.4) is 0 Å². The third-order valence-electron chi connectivity index (χ3n) is 2.73. The number of aryl methyl sites for hydroxylation is 2. The van der Waals surface area contributed by atoms with Crippen molar-refractivity contribution in [3.63, 3.8) is 0 Å². The Hall–Kier alpha value is -1.92. The summed E-state index contributed by atoms with van der Waals surface area (Å²) in [4.78, 5) is 0. The highest BCUT2D eigenvalue weighted by molar-refractivity contribution is 6.73. The molecule has 7 heteroatoms. The van der Waals surface area contributed by atoms with Crippen LogP contribution in [0.25, 0.3) is 0 Å². The molecule has 3 nitrogen and oxygen atoms in total. The normalized spacial score (nSPS) is 11.6. The van der Waals surface area contributed by atoms with Gasteiger partial charge in [0.1, 0.15) is 12.4 Å². The van der Waals surface area contributed by atoms with Crippen LogP contribution >= 0.6 is 0 Å². The highest BCUT2D eigenvalue weighted by Crippen LogP contribution is 2.20. The maximum atomic E-state index is 12.6. The number of halogens is 3. The topological polar surface area (TPSA) is 27.1 Å². The average molecular weight is 269 g/mol. The molecule has 0 fully saturated rings. The summed E-state index contributed by atoms with van der Waals surface area (Å²) in [6.07, 6.45) is 3.45. The van der Waals surface area contributed by atoms with E-state index in [1.807, 2.05) is 0 Å². The maximum Gasteiger partial charge on any atom is 0.509 e. The van der Waals surface area contributed by atoms with Crippen molar-refractivity contribution in [2.45, 2.75) is 13.5 Å². The number of hydrogen-bond donors (Lipinski definition) is 0. The molecule has 0 saturated heterocycles. The number of nitrogens with zero attached hydrogens (tertiary/aromatic N) is 2. The lowest BCUT2D eigenvalue weighted by Gasteiger charge is -2.17. The quantitative estimate of drug-likeness (QED) is 0.797. The van der Waals surface area contributed by atoms with E-state index in [4.69, 9.17) is 4.74 Å². The molecule has 0 radical (unpaired) electrons. The molecule has 1 aromatic carbocycles. The lowest BCUT2D eigenvalue weighted by atomic mass is 9.79. The second-order valence-corrected chi connectivity index (χ2v) is 4.41. The number of rotatable bonds is 4. The maximum absolute atomic E-state index is 12.6. The summed E-state index contributed by atoms with van der Waals surface area (Å²) in [5.74, 6) is 0.452. The Morgan fingerprint density at radius 2 is 2.05 bits per heavy atom. The standard InChI is InChI=1S/C12H13BF3N2O/c1-9-5-11(13(14,15)16)3-4-12(9)19-8-10-6-17-18(2)7-10/h3-7H,8H2,1-2H3/q-1. The third kappa shape index (κ3) is 3.30. The smallest absolute Gasteiger partial charge is 0.489 e. The molecule has 0 amide bonds. The van der Waals surface area contributed by atoms with Gasteiger partial charge in [-0.1, -0.05) is 12.1 Å². The van der Waals surface area contributed by atoms with Gasteiger partial charge in [0, 0.05) is 18.8 Å².